The predicted octanol–water partition coefficient (Wildman–Crippen LogP) is 2.39. The highest BCUT2D eigenvalue weighted by Crippen LogP contribution is 2.22. The lowest BCUT2D eigenvalue weighted by Gasteiger charge is -2.08. The number of nitrogens with one attached hydrogen (secondary N) is 1. The molecule has 21 heavy (non-hydrogen) atoms. The summed E-state index contributed by atoms with van der Waals surface area (Å²) < 4.78 is 0. The number of rotatable bonds is 3. The van der Waals surface area contributed by atoms with Gasteiger partial charge in [0.15, 0.2) is 0 Å². The van der Waals surface area contributed by atoms with Crippen molar-refractivity contribution in [2.45, 2.75) is 6.42 Å². The number of pyridine rings is 2. The average Bonchev–Trinajstić information content (AvgIpc) is 2.50. The van der Waals surface area contributed by atoms with Gasteiger partial charge in [-0.2, -0.15) is 0 Å². The molecule has 0 aliphatic heterocycles. The van der Waals surface area contributed by atoms with Gasteiger partial charge < -0.3 is 11.1 Å². The maximum absolute atomic E-state index is 12.1. The van der Waals surface area contributed by atoms with Gasteiger partial charge in [0.25, 0.3) is 0 Å². The minimum absolute atomic E-state index is 0.114. The molecule has 0 atom stereocenters. The highest BCUT2D eigenvalue weighted by atomic mass is 16.1. The Kier molecular flexibility index (Phi) is 3.47. The molecule has 0 unspecified atom stereocenters. The molecule has 2 aromatic heterocycles. The Balaban J connectivity index is 1.79. The summed E-state index contributed by atoms with van der Waals surface area (Å²) >= 11 is 0. The molecule has 0 bridgehead atoms. The van der Waals surface area contributed by atoms with E-state index in [1.165, 1.54) is 0 Å². The van der Waals surface area contributed by atoms with E-state index in [0.717, 1.165) is 16.5 Å². The van der Waals surface area contributed by atoms with Gasteiger partial charge in [0.05, 0.1) is 18.3 Å². The third kappa shape index (κ3) is 2.97. The first-order chi connectivity index (χ1) is 10.2. The number of benzene rings is 1. The number of amides is 1. The summed E-state index contributed by atoms with van der Waals surface area (Å²) in [6.45, 7) is 0. The minimum Gasteiger partial charge on any atom is -0.397 e. The van der Waals surface area contributed by atoms with E-state index in [1.54, 1.807) is 30.7 Å². The van der Waals surface area contributed by atoms with Gasteiger partial charge in [-0.3, -0.25) is 14.8 Å². The molecule has 104 valence electrons. The van der Waals surface area contributed by atoms with Crippen molar-refractivity contribution in [3.8, 4) is 0 Å². The average molecular weight is 278 g/mol. The molecule has 3 N–H and O–H groups in total. The second-order valence-electron chi connectivity index (χ2n) is 4.71. The first kappa shape index (κ1) is 13.1. The number of aromatic nitrogens is 2. The van der Waals surface area contributed by atoms with Gasteiger partial charge in [0.1, 0.15) is 0 Å². The zero-order valence-corrected chi connectivity index (χ0v) is 11.3. The normalized spacial score (nSPS) is 10.5. The van der Waals surface area contributed by atoms with Crippen LogP contribution in [0.4, 0.5) is 11.4 Å². The number of hydrogen-bond donors (Lipinski definition) is 2. The summed E-state index contributed by atoms with van der Waals surface area (Å²) in [6, 6.07) is 11.1. The van der Waals surface area contributed by atoms with Crippen LogP contribution in [-0.2, 0) is 11.2 Å². The molecule has 0 fully saturated rings. The maximum atomic E-state index is 12.1. The minimum atomic E-state index is -0.114. The molecule has 1 amide bonds. The van der Waals surface area contributed by atoms with Gasteiger partial charge in [0.2, 0.25) is 5.91 Å². The fraction of sp³-hybridized carbons (Fsp3) is 0.0625. The first-order valence-electron chi connectivity index (χ1n) is 6.55. The second-order valence-corrected chi connectivity index (χ2v) is 4.71. The van der Waals surface area contributed by atoms with Crippen molar-refractivity contribution in [2.75, 3.05) is 11.1 Å². The van der Waals surface area contributed by atoms with Gasteiger partial charge in [-0.25, -0.2) is 0 Å². The van der Waals surface area contributed by atoms with E-state index in [9.17, 15) is 4.79 Å². The summed E-state index contributed by atoms with van der Waals surface area (Å²) in [4.78, 5) is 20.3. The lowest BCUT2D eigenvalue weighted by atomic mass is 10.1. The molecule has 3 rings (SSSR count). The van der Waals surface area contributed by atoms with Crippen molar-refractivity contribution in [3.05, 3.63) is 60.7 Å². The van der Waals surface area contributed by atoms with Crippen LogP contribution in [0.15, 0.2) is 55.0 Å². The molecule has 5 heteroatoms. The fourth-order valence-corrected chi connectivity index (χ4v) is 2.13. The van der Waals surface area contributed by atoms with E-state index in [2.05, 4.69) is 15.3 Å². The molecule has 0 saturated carbocycles. The Morgan fingerprint density at radius 3 is 2.86 bits per heavy atom. The number of nitrogens with two attached hydrogens (primary N) is 1. The van der Waals surface area contributed by atoms with E-state index in [-0.39, 0.29) is 12.3 Å². The van der Waals surface area contributed by atoms with Crippen LogP contribution in [-0.4, -0.2) is 15.9 Å². The van der Waals surface area contributed by atoms with Crippen molar-refractivity contribution in [3.63, 3.8) is 0 Å². The highest BCUT2D eigenvalue weighted by molar-refractivity contribution is 6.02. The Hall–Kier alpha value is -2.95. The number of hydrogen-bond acceptors (Lipinski definition) is 4. The quantitative estimate of drug-likeness (QED) is 0.770. The number of carbonyl (C=O) groups excluding carboxylic acids is 1. The maximum Gasteiger partial charge on any atom is 0.230 e. The highest BCUT2D eigenvalue weighted by Gasteiger charge is 2.07. The molecular formula is C16H14N4O. The van der Waals surface area contributed by atoms with Crippen molar-refractivity contribution in [1.82, 2.24) is 9.97 Å². The smallest absolute Gasteiger partial charge is 0.230 e. The Morgan fingerprint density at radius 1 is 1.14 bits per heavy atom. The predicted molar refractivity (Wildman–Crippen MR) is 82.7 cm³/mol. The molecule has 0 saturated heterocycles. The number of nitrogen functional groups attached to an aromatic ring is 1. The number of nitrogens with zero attached hydrogens (tertiary/aromatic N) is 2. The SMILES string of the molecule is Nc1ccc(CC(=O)Nc2cccc3cnccc23)nc1. The molecule has 0 aliphatic rings. The summed E-state index contributed by atoms with van der Waals surface area (Å²) in [5.41, 5.74) is 7.62. The summed E-state index contributed by atoms with van der Waals surface area (Å²) in [6.07, 6.45) is 5.24. The summed E-state index contributed by atoms with van der Waals surface area (Å²) in [5, 5.41) is 4.86. The lowest BCUT2D eigenvalue weighted by Crippen LogP contribution is -2.15. The van der Waals surface area contributed by atoms with Crippen LogP contribution in [0.25, 0.3) is 10.8 Å². The van der Waals surface area contributed by atoms with Crippen molar-refractivity contribution >= 4 is 28.1 Å². The largest absolute Gasteiger partial charge is 0.397 e. The van der Waals surface area contributed by atoms with E-state index in [0.29, 0.717) is 11.4 Å². The van der Waals surface area contributed by atoms with Crippen LogP contribution in [0, 0.1) is 0 Å². The second kappa shape index (κ2) is 5.58. The van der Waals surface area contributed by atoms with Crippen LogP contribution in [0.5, 0.6) is 0 Å². The van der Waals surface area contributed by atoms with E-state index in [1.807, 2.05) is 24.3 Å². The molecule has 1 aromatic carbocycles. The van der Waals surface area contributed by atoms with Gasteiger partial charge in [-0.05, 0) is 24.3 Å². The van der Waals surface area contributed by atoms with Crippen molar-refractivity contribution in [1.29, 1.82) is 0 Å². The molecular weight excluding hydrogens is 264 g/mol. The lowest BCUT2D eigenvalue weighted by molar-refractivity contribution is -0.115. The number of fused-ring (bicyclic) bond motifs is 1. The first-order valence-corrected chi connectivity index (χ1v) is 6.55. The zero-order valence-electron chi connectivity index (χ0n) is 11.3. The van der Waals surface area contributed by atoms with Crippen molar-refractivity contribution < 1.29 is 4.79 Å². The van der Waals surface area contributed by atoms with E-state index < -0.39 is 0 Å². The van der Waals surface area contributed by atoms with Gasteiger partial charge in [-0.15, -0.1) is 0 Å². The fourth-order valence-electron chi connectivity index (χ4n) is 2.13. The van der Waals surface area contributed by atoms with Crippen LogP contribution < -0.4 is 11.1 Å². The van der Waals surface area contributed by atoms with Crippen LogP contribution in [0.2, 0.25) is 0 Å². The molecule has 0 radical (unpaired) electrons. The molecule has 2 heterocycles. The van der Waals surface area contributed by atoms with Crippen molar-refractivity contribution in [2.24, 2.45) is 0 Å². The summed E-state index contributed by atoms with van der Waals surface area (Å²) in [7, 11) is 0. The molecule has 3 aromatic rings. The van der Waals surface area contributed by atoms with Gasteiger partial charge >= 0.3 is 0 Å². The molecule has 5 nitrogen and oxygen atoms in total. The number of anilines is 2. The summed E-state index contributed by atoms with van der Waals surface area (Å²) in [5.74, 6) is -0.114. The third-order valence-corrected chi connectivity index (χ3v) is 3.14. The standard InChI is InChI=1S/C16H14N4O/c17-12-4-5-13(19-10-12)8-16(21)20-15-3-1-2-11-9-18-7-6-14(11)15/h1-7,9-10H,8,17H2,(H,20,21). The Bertz CT molecular complexity index is 778. The monoisotopic (exact) mass is 278 g/mol. The van der Waals surface area contributed by atoms with Crippen LogP contribution in [0.1, 0.15) is 5.69 Å². The Labute approximate surface area is 121 Å². The zero-order chi connectivity index (χ0) is 14.7. The third-order valence-electron chi connectivity index (χ3n) is 3.14. The molecule has 0 spiro atoms. The van der Waals surface area contributed by atoms with E-state index in [4.69, 9.17) is 5.73 Å². The van der Waals surface area contributed by atoms with Gasteiger partial charge in [0, 0.05) is 34.5 Å². The van der Waals surface area contributed by atoms with Gasteiger partial charge in [-0.1, -0.05) is 12.1 Å². The molecule has 0 aliphatic carbocycles. The van der Waals surface area contributed by atoms with Crippen LogP contribution >= 0.6 is 0 Å². The topological polar surface area (TPSA) is 80.9 Å². The van der Waals surface area contributed by atoms with Crippen LogP contribution in [0.3, 0.4) is 0 Å². The van der Waals surface area contributed by atoms with E-state index >= 15 is 0 Å². The Morgan fingerprint density at radius 2 is 2.05 bits per heavy atom. The number of carbonyl (C=O) groups is 1.